The predicted molar refractivity (Wildman–Crippen MR) is 84.7 cm³/mol. The lowest BCUT2D eigenvalue weighted by atomic mass is 9.98. The van der Waals surface area contributed by atoms with Crippen LogP contribution in [-0.2, 0) is 0 Å². The van der Waals surface area contributed by atoms with Crippen molar-refractivity contribution < 1.29 is 19.4 Å². The molecule has 0 fully saturated rings. The summed E-state index contributed by atoms with van der Waals surface area (Å²) in [6.07, 6.45) is 2.18. The van der Waals surface area contributed by atoms with Gasteiger partial charge in [0, 0.05) is 6.61 Å². The van der Waals surface area contributed by atoms with E-state index in [-0.39, 0.29) is 18.3 Å². The third kappa shape index (κ3) is 3.42. The number of benzene rings is 1. The summed E-state index contributed by atoms with van der Waals surface area (Å²) in [6.45, 7) is 4.47. The number of rotatable bonds is 7. The maximum Gasteiger partial charge on any atom is 0.343 e. The summed E-state index contributed by atoms with van der Waals surface area (Å²) in [5.41, 5.74) is 0.167. The lowest BCUT2D eigenvalue weighted by molar-refractivity contribution is 0.253. The van der Waals surface area contributed by atoms with Crippen LogP contribution in [0.25, 0.3) is 11.0 Å². The van der Waals surface area contributed by atoms with Crippen molar-refractivity contribution in [2.45, 2.75) is 39.0 Å². The minimum Gasteiger partial charge on any atom is -0.507 e. The first-order valence-electron chi connectivity index (χ1n) is 7.61. The normalized spacial score (nSPS) is 12.5. The lowest BCUT2D eigenvalue weighted by Gasteiger charge is -2.12. The average molecular weight is 306 g/mol. The molecule has 0 aliphatic heterocycles. The molecule has 0 saturated carbocycles. The molecule has 1 atom stereocenters. The SMILES string of the molecule is CCC(C)c1c(O)c2cc(OCCCCO)ccc2oc1=O. The quantitative estimate of drug-likeness (QED) is 0.606. The van der Waals surface area contributed by atoms with Gasteiger partial charge in [0.2, 0.25) is 0 Å². The van der Waals surface area contributed by atoms with E-state index in [9.17, 15) is 9.90 Å². The zero-order chi connectivity index (χ0) is 16.1. The Bertz CT molecular complexity index is 689. The van der Waals surface area contributed by atoms with Gasteiger partial charge < -0.3 is 19.4 Å². The number of aliphatic hydroxyl groups excluding tert-OH is 1. The molecular weight excluding hydrogens is 284 g/mol. The third-order valence-corrected chi connectivity index (χ3v) is 3.81. The van der Waals surface area contributed by atoms with Crippen LogP contribution >= 0.6 is 0 Å². The van der Waals surface area contributed by atoms with Crippen LogP contribution in [0.15, 0.2) is 27.4 Å². The molecule has 0 aliphatic rings. The van der Waals surface area contributed by atoms with E-state index >= 15 is 0 Å². The molecule has 0 bridgehead atoms. The van der Waals surface area contributed by atoms with Crippen molar-refractivity contribution >= 4 is 11.0 Å². The number of hydrogen-bond acceptors (Lipinski definition) is 5. The van der Waals surface area contributed by atoms with Crippen molar-refractivity contribution in [3.8, 4) is 11.5 Å². The number of unbranched alkanes of at least 4 members (excludes halogenated alkanes) is 1. The Balaban J connectivity index is 2.36. The van der Waals surface area contributed by atoms with E-state index in [0.717, 1.165) is 12.8 Å². The molecule has 0 aliphatic carbocycles. The van der Waals surface area contributed by atoms with E-state index in [1.807, 2.05) is 13.8 Å². The molecule has 1 heterocycles. The first-order valence-corrected chi connectivity index (χ1v) is 7.61. The second-order valence-electron chi connectivity index (χ2n) is 5.40. The monoisotopic (exact) mass is 306 g/mol. The molecular formula is C17H22O5. The Hall–Kier alpha value is -2.01. The van der Waals surface area contributed by atoms with Crippen LogP contribution in [-0.4, -0.2) is 23.4 Å². The molecule has 0 radical (unpaired) electrons. The van der Waals surface area contributed by atoms with Gasteiger partial charge in [-0.1, -0.05) is 13.8 Å². The molecule has 2 aromatic rings. The fourth-order valence-electron chi connectivity index (χ4n) is 2.31. The van der Waals surface area contributed by atoms with Gasteiger partial charge in [0.25, 0.3) is 0 Å². The number of aromatic hydroxyl groups is 1. The molecule has 1 unspecified atom stereocenters. The summed E-state index contributed by atoms with van der Waals surface area (Å²) in [4.78, 5) is 12.0. The van der Waals surface area contributed by atoms with E-state index in [2.05, 4.69) is 0 Å². The van der Waals surface area contributed by atoms with E-state index < -0.39 is 5.63 Å². The Kier molecular flexibility index (Phi) is 5.44. The van der Waals surface area contributed by atoms with Gasteiger partial charge in [-0.2, -0.15) is 0 Å². The summed E-state index contributed by atoms with van der Waals surface area (Å²) < 4.78 is 10.9. The van der Waals surface area contributed by atoms with Gasteiger partial charge in [-0.05, 0) is 43.4 Å². The van der Waals surface area contributed by atoms with Gasteiger partial charge in [-0.15, -0.1) is 0 Å². The minimum atomic E-state index is -0.490. The van der Waals surface area contributed by atoms with Crippen LogP contribution in [0.3, 0.4) is 0 Å². The average Bonchev–Trinajstić information content (AvgIpc) is 2.51. The van der Waals surface area contributed by atoms with E-state index in [4.69, 9.17) is 14.3 Å². The largest absolute Gasteiger partial charge is 0.507 e. The van der Waals surface area contributed by atoms with Crippen molar-refractivity contribution in [3.63, 3.8) is 0 Å². The summed E-state index contributed by atoms with van der Waals surface area (Å²) in [5, 5.41) is 19.6. The highest BCUT2D eigenvalue weighted by molar-refractivity contribution is 5.85. The first-order chi connectivity index (χ1) is 10.6. The third-order valence-electron chi connectivity index (χ3n) is 3.81. The number of fused-ring (bicyclic) bond motifs is 1. The molecule has 0 saturated heterocycles. The number of aliphatic hydroxyl groups is 1. The van der Waals surface area contributed by atoms with Gasteiger partial charge >= 0.3 is 5.63 Å². The maximum absolute atomic E-state index is 12.0. The highest BCUT2D eigenvalue weighted by Gasteiger charge is 2.18. The molecule has 0 amide bonds. The summed E-state index contributed by atoms with van der Waals surface area (Å²) in [5.74, 6) is 0.501. The number of hydrogen-bond donors (Lipinski definition) is 2. The van der Waals surface area contributed by atoms with Crippen molar-refractivity contribution in [3.05, 3.63) is 34.2 Å². The van der Waals surface area contributed by atoms with Crippen molar-refractivity contribution in [2.75, 3.05) is 13.2 Å². The minimum absolute atomic E-state index is 0.0265. The van der Waals surface area contributed by atoms with Gasteiger partial charge in [-0.25, -0.2) is 4.79 Å². The van der Waals surface area contributed by atoms with Crippen LogP contribution in [0.2, 0.25) is 0 Å². The van der Waals surface area contributed by atoms with Crippen LogP contribution in [0.1, 0.15) is 44.6 Å². The van der Waals surface area contributed by atoms with Gasteiger partial charge in [0.1, 0.15) is 17.1 Å². The van der Waals surface area contributed by atoms with Gasteiger partial charge in [0.15, 0.2) is 0 Å². The van der Waals surface area contributed by atoms with Gasteiger partial charge in [-0.3, -0.25) is 0 Å². The standard InChI is InChI=1S/C17H22O5/c1-3-11(2)15-16(19)13-10-12(21-9-5-4-8-18)6-7-14(13)22-17(15)20/h6-7,10-11,18-19H,3-5,8-9H2,1-2H3. The van der Waals surface area contributed by atoms with E-state index in [0.29, 0.717) is 35.3 Å². The molecule has 5 heteroatoms. The smallest absolute Gasteiger partial charge is 0.343 e. The highest BCUT2D eigenvalue weighted by Crippen LogP contribution is 2.33. The maximum atomic E-state index is 12.0. The zero-order valence-electron chi connectivity index (χ0n) is 13.0. The topological polar surface area (TPSA) is 79.9 Å². The molecule has 0 spiro atoms. The fraction of sp³-hybridized carbons (Fsp3) is 0.471. The Morgan fingerprint density at radius 2 is 2.09 bits per heavy atom. The van der Waals surface area contributed by atoms with Gasteiger partial charge in [0.05, 0.1) is 17.6 Å². The predicted octanol–water partition coefficient (Wildman–Crippen LogP) is 3.16. The fourth-order valence-corrected chi connectivity index (χ4v) is 2.31. The first kappa shape index (κ1) is 16.4. The Labute approximate surface area is 129 Å². The molecule has 2 N–H and O–H groups in total. The van der Waals surface area contributed by atoms with Crippen LogP contribution < -0.4 is 10.4 Å². The van der Waals surface area contributed by atoms with Crippen molar-refractivity contribution in [1.29, 1.82) is 0 Å². The second kappa shape index (κ2) is 7.31. The summed E-state index contributed by atoms with van der Waals surface area (Å²) in [7, 11) is 0. The molecule has 2 rings (SSSR count). The zero-order valence-corrected chi connectivity index (χ0v) is 13.0. The van der Waals surface area contributed by atoms with Crippen molar-refractivity contribution in [2.24, 2.45) is 0 Å². The van der Waals surface area contributed by atoms with Crippen LogP contribution in [0.5, 0.6) is 11.5 Å². The molecule has 120 valence electrons. The van der Waals surface area contributed by atoms with E-state index in [1.54, 1.807) is 18.2 Å². The molecule has 5 nitrogen and oxygen atoms in total. The molecule has 1 aromatic heterocycles. The highest BCUT2D eigenvalue weighted by atomic mass is 16.5. The molecule has 1 aromatic carbocycles. The summed E-state index contributed by atoms with van der Waals surface area (Å²) >= 11 is 0. The van der Waals surface area contributed by atoms with E-state index in [1.165, 1.54) is 0 Å². The lowest BCUT2D eigenvalue weighted by Crippen LogP contribution is -2.10. The Morgan fingerprint density at radius 3 is 2.77 bits per heavy atom. The molecule has 22 heavy (non-hydrogen) atoms. The Morgan fingerprint density at radius 1 is 1.32 bits per heavy atom. The van der Waals surface area contributed by atoms with Crippen molar-refractivity contribution in [1.82, 2.24) is 0 Å². The summed E-state index contributed by atoms with van der Waals surface area (Å²) in [6, 6.07) is 5.00. The van der Waals surface area contributed by atoms with Crippen LogP contribution in [0, 0.1) is 0 Å². The second-order valence-corrected chi connectivity index (χ2v) is 5.40. The number of ether oxygens (including phenoxy) is 1. The van der Waals surface area contributed by atoms with Crippen LogP contribution in [0.4, 0.5) is 0 Å².